The lowest BCUT2D eigenvalue weighted by atomic mass is 10.2. The van der Waals surface area contributed by atoms with Gasteiger partial charge in [0.1, 0.15) is 23.3 Å². The number of sulfonamides is 1. The second kappa shape index (κ2) is 9.56. The molecule has 0 amide bonds. The van der Waals surface area contributed by atoms with Crippen LogP contribution in [-0.2, 0) is 17.1 Å². The van der Waals surface area contributed by atoms with Gasteiger partial charge in [0.2, 0.25) is 0 Å². The van der Waals surface area contributed by atoms with E-state index < -0.39 is 10.0 Å². The van der Waals surface area contributed by atoms with Crippen LogP contribution in [0.4, 0.5) is 23.0 Å². The number of benzene rings is 1. The molecular formula is C22H31N7O2S. The summed E-state index contributed by atoms with van der Waals surface area (Å²) in [5.74, 6) is 3.07. The van der Waals surface area contributed by atoms with E-state index in [1.54, 1.807) is 35.9 Å². The lowest BCUT2D eigenvalue weighted by Gasteiger charge is -2.20. The third kappa shape index (κ3) is 5.37. The van der Waals surface area contributed by atoms with E-state index >= 15 is 0 Å². The van der Waals surface area contributed by atoms with Crippen molar-refractivity contribution in [2.45, 2.75) is 45.6 Å². The Morgan fingerprint density at radius 3 is 2.22 bits per heavy atom. The second-order valence-electron chi connectivity index (χ2n) is 7.84. The Balaban J connectivity index is 1.75. The number of hydrogen-bond donors (Lipinski definition) is 2. The summed E-state index contributed by atoms with van der Waals surface area (Å²) in [6.07, 6.45) is 1.53. The van der Waals surface area contributed by atoms with Gasteiger partial charge in [0, 0.05) is 49.7 Å². The van der Waals surface area contributed by atoms with Crippen molar-refractivity contribution in [3.63, 3.8) is 0 Å². The zero-order valence-electron chi connectivity index (χ0n) is 19.4. The molecule has 3 aromatic rings. The van der Waals surface area contributed by atoms with Crippen LogP contribution >= 0.6 is 0 Å². The van der Waals surface area contributed by atoms with Gasteiger partial charge in [-0.05, 0) is 45.0 Å². The molecule has 1 aromatic carbocycles. The van der Waals surface area contributed by atoms with Gasteiger partial charge in [0.05, 0.1) is 0 Å². The minimum Gasteiger partial charge on any atom is -0.357 e. The van der Waals surface area contributed by atoms with Crippen molar-refractivity contribution in [1.29, 1.82) is 0 Å². The summed E-state index contributed by atoms with van der Waals surface area (Å²) in [6, 6.07) is 8.90. The average Bonchev–Trinajstić information content (AvgIpc) is 3.13. The van der Waals surface area contributed by atoms with E-state index in [9.17, 15) is 8.42 Å². The molecule has 0 saturated heterocycles. The maximum atomic E-state index is 12.7. The van der Waals surface area contributed by atoms with Crippen LogP contribution < -0.4 is 14.9 Å². The number of rotatable bonds is 9. The van der Waals surface area contributed by atoms with Gasteiger partial charge in [0.25, 0.3) is 10.0 Å². The number of hydrogen-bond acceptors (Lipinski definition) is 7. The Morgan fingerprint density at radius 1 is 1.03 bits per heavy atom. The van der Waals surface area contributed by atoms with Crippen molar-refractivity contribution >= 4 is 33.0 Å². The molecule has 0 fully saturated rings. The first kappa shape index (κ1) is 23.5. The molecule has 0 aliphatic heterocycles. The van der Waals surface area contributed by atoms with Gasteiger partial charge in [-0.15, -0.1) is 0 Å². The van der Waals surface area contributed by atoms with E-state index in [4.69, 9.17) is 0 Å². The van der Waals surface area contributed by atoms with Crippen molar-refractivity contribution < 1.29 is 8.42 Å². The SMILES string of the molecule is CCN(CC)c1cc(Nc2ccc(NS(=O)(=O)c3cn(C)c(C(C)C)n3)cc2)nc(C)n1. The summed E-state index contributed by atoms with van der Waals surface area (Å²) in [7, 11) is -1.98. The molecule has 0 atom stereocenters. The molecule has 172 valence electrons. The number of aromatic nitrogens is 4. The molecule has 0 aliphatic carbocycles. The van der Waals surface area contributed by atoms with E-state index in [0.29, 0.717) is 23.2 Å². The normalized spacial score (nSPS) is 11.6. The van der Waals surface area contributed by atoms with E-state index in [0.717, 1.165) is 24.6 Å². The first-order valence-corrected chi connectivity index (χ1v) is 12.1. The van der Waals surface area contributed by atoms with Crippen LogP contribution in [-0.4, -0.2) is 41.0 Å². The van der Waals surface area contributed by atoms with Crippen molar-refractivity contribution in [3.8, 4) is 0 Å². The van der Waals surface area contributed by atoms with Crippen LogP contribution in [0.1, 0.15) is 45.3 Å². The summed E-state index contributed by atoms with van der Waals surface area (Å²) in [4.78, 5) is 15.4. The van der Waals surface area contributed by atoms with Crippen LogP contribution in [0.3, 0.4) is 0 Å². The lowest BCUT2D eigenvalue weighted by Crippen LogP contribution is -2.23. The Morgan fingerprint density at radius 2 is 1.66 bits per heavy atom. The molecule has 0 saturated carbocycles. The highest BCUT2D eigenvalue weighted by atomic mass is 32.2. The number of imidazole rings is 1. The molecule has 0 spiro atoms. The molecule has 32 heavy (non-hydrogen) atoms. The molecular weight excluding hydrogens is 426 g/mol. The molecule has 2 N–H and O–H groups in total. The molecule has 0 bridgehead atoms. The molecule has 2 aromatic heterocycles. The van der Waals surface area contributed by atoms with E-state index in [1.807, 2.05) is 26.8 Å². The molecule has 9 nitrogen and oxygen atoms in total. The highest BCUT2D eigenvalue weighted by Crippen LogP contribution is 2.23. The van der Waals surface area contributed by atoms with Crippen molar-refractivity contribution in [2.75, 3.05) is 28.0 Å². The summed E-state index contributed by atoms with van der Waals surface area (Å²) >= 11 is 0. The Hall–Kier alpha value is -3.14. The Bertz CT molecular complexity index is 1170. The zero-order chi connectivity index (χ0) is 23.5. The fourth-order valence-electron chi connectivity index (χ4n) is 3.42. The minimum atomic E-state index is -3.78. The maximum Gasteiger partial charge on any atom is 0.280 e. The maximum absolute atomic E-state index is 12.7. The van der Waals surface area contributed by atoms with Crippen LogP contribution in [0.15, 0.2) is 41.6 Å². The predicted molar refractivity (Wildman–Crippen MR) is 128 cm³/mol. The fraction of sp³-hybridized carbons (Fsp3) is 0.409. The summed E-state index contributed by atoms with van der Waals surface area (Å²) < 4.78 is 29.8. The summed E-state index contributed by atoms with van der Waals surface area (Å²) in [5.41, 5.74) is 1.24. The number of nitrogens with zero attached hydrogens (tertiary/aromatic N) is 5. The standard InChI is InChI=1S/C22H31N7O2S/c1-7-29(8-2)20-13-19(23-16(5)24-20)25-17-9-11-18(12-10-17)27-32(30,31)21-14-28(6)22(26-21)15(3)4/h9-15,27H,7-8H2,1-6H3,(H,23,24,25). The zero-order valence-corrected chi connectivity index (χ0v) is 20.2. The van der Waals surface area contributed by atoms with Crippen LogP contribution in [0.2, 0.25) is 0 Å². The highest BCUT2D eigenvalue weighted by Gasteiger charge is 2.21. The topological polar surface area (TPSA) is 105 Å². The summed E-state index contributed by atoms with van der Waals surface area (Å²) in [5, 5.41) is 3.27. The van der Waals surface area contributed by atoms with Crippen molar-refractivity contribution in [2.24, 2.45) is 7.05 Å². The van der Waals surface area contributed by atoms with Crippen molar-refractivity contribution in [1.82, 2.24) is 19.5 Å². The van der Waals surface area contributed by atoms with Crippen LogP contribution in [0.25, 0.3) is 0 Å². The van der Waals surface area contributed by atoms with Gasteiger partial charge in [-0.1, -0.05) is 13.8 Å². The van der Waals surface area contributed by atoms with Gasteiger partial charge in [-0.3, -0.25) is 4.72 Å². The van der Waals surface area contributed by atoms with Gasteiger partial charge >= 0.3 is 0 Å². The monoisotopic (exact) mass is 457 g/mol. The predicted octanol–water partition coefficient (Wildman–Crippen LogP) is 4.03. The fourth-order valence-corrected chi connectivity index (χ4v) is 4.48. The molecule has 0 unspecified atom stereocenters. The van der Waals surface area contributed by atoms with Gasteiger partial charge in [0.15, 0.2) is 5.03 Å². The number of nitrogens with one attached hydrogen (secondary N) is 2. The molecule has 0 aliphatic rings. The van der Waals surface area contributed by atoms with Gasteiger partial charge < -0.3 is 14.8 Å². The van der Waals surface area contributed by atoms with E-state index in [2.05, 4.69) is 43.7 Å². The van der Waals surface area contributed by atoms with Crippen molar-refractivity contribution in [3.05, 3.63) is 48.2 Å². The first-order chi connectivity index (χ1) is 15.1. The first-order valence-electron chi connectivity index (χ1n) is 10.7. The second-order valence-corrected chi connectivity index (χ2v) is 9.47. The van der Waals surface area contributed by atoms with E-state index in [1.165, 1.54) is 6.20 Å². The third-order valence-electron chi connectivity index (χ3n) is 5.00. The third-order valence-corrected chi connectivity index (χ3v) is 6.26. The van der Waals surface area contributed by atoms with Crippen LogP contribution in [0.5, 0.6) is 0 Å². The highest BCUT2D eigenvalue weighted by molar-refractivity contribution is 7.92. The number of anilines is 4. The average molecular weight is 458 g/mol. The molecule has 0 radical (unpaired) electrons. The Kier molecular flexibility index (Phi) is 7.02. The largest absolute Gasteiger partial charge is 0.357 e. The van der Waals surface area contributed by atoms with E-state index in [-0.39, 0.29) is 10.9 Å². The number of aryl methyl sites for hydroxylation is 2. The van der Waals surface area contributed by atoms with Gasteiger partial charge in [-0.25, -0.2) is 15.0 Å². The van der Waals surface area contributed by atoms with Crippen LogP contribution in [0, 0.1) is 6.92 Å². The molecule has 3 rings (SSSR count). The molecule has 10 heteroatoms. The summed E-state index contributed by atoms with van der Waals surface area (Å²) in [6.45, 7) is 11.7. The minimum absolute atomic E-state index is 0.00583. The smallest absolute Gasteiger partial charge is 0.280 e. The molecule has 2 heterocycles. The lowest BCUT2D eigenvalue weighted by molar-refractivity contribution is 0.597. The van der Waals surface area contributed by atoms with Gasteiger partial charge in [-0.2, -0.15) is 8.42 Å². The quantitative estimate of drug-likeness (QED) is 0.500. The Labute approximate surface area is 190 Å².